The third-order valence-electron chi connectivity index (χ3n) is 3.11. The first-order valence-electron chi connectivity index (χ1n) is 5.92. The van der Waals surface area contributed by atoms with Crippen molar-refractivity contribution in [2.24, 2.45) is 12.8 Å². The first kappa shape index (κ1) is 12.3. The zero-order valence-corrected chi connectivity index (χ0v) is 11.4. The van der Waals surface area contributed by atoms with E-state index in [-0.39, 0.29) is 6.04 Å². The van der Waals surface area contributed by atoms with Crippen molar-refractivity contribution in [3.8, 4) is 0 Å². The van der Waals surface area contributed by atoms with Crippen LogP contribution < -0.4 is 5.73 Å². The summed E-state index contributed by atoms with van der Waals surface area (Å²) in [6.45, 7) is 4.24. The lowest BCUT2D eigenvalue weighted by Gasteiger charge is -2.11. The number of aromatic nitrogens is 2. The Labute approximate surface area is 106 Å². The van der Waals surface area contributed by atoms with Gasteiger partial charge in [-0.2, -0.15) is 16.4 Å². The first-order chi connectivity index (χ1) is 8.11. The van der Waals surface area contributed by atoms with Gasteiger partial charge in [0.1, 0.15) is 0 Å². The van der Waals surface area contributed by atoms with Crippen LogP contribution >= 0.6 is 11.3 Å². The molecular weight excluding hydrogens is 230 g/mol. The van der Waals surface area contributed by atoms with Crippen LogP contribution in [0.4, 0.5) is 0 Å². The molecule has 1 unspecified atom stereocenters. The van der Waals surface area contributed by atoms with Gasteiger partial charge in [0.15, 0.2) is 0 Å². The van der Waals surface area contributed by atoms with E-state index in [0.717, 1.165) is 18.5 Å². The monoisotopic (exact) mass is 249 g/mol. The maximum Gasteiger partial charge on any atom is 0.0624 e. The number of thiophene rings is 1. The molecule has 2 aromatic rings. The molecule has 2 N–H and O–H groups in total. The molecule has 2 rings (SSSR count). The van der Waals surface area contributed by atoms with Crippen molar-refractivity contribution in [3.63, 3.8) is 0 Å². The summed E-state index contributed by atoms with van der Waals surface area (Å²) in [5.74, 6) is 0. The third-order valence-corrected chi connectivity index (χ3v) is 3.99. The molecule has 0 aliphatic carbocycles. The van der Waals surface area contributed by atoms with Crippen LogP contribution in [0.3, 0.4) is 0 Å². The summed E-state index contributed by atoms with van der Waals surface area (Å²) < 4.78 is 1.94. The van der Waals surface area contributed by atoms with E-state index in [2.05, 4.69) is 35.8 Å². The summed E-state index contributed by atoms with van der Waals surface area (Å²) in [5.41, 5.74) is 11.2. The second-order valence-corrected chi connectivity index (χ2v) is 5.17. The van der Waals surface area contributed by atoms with Gasteiger partial charge in [-0.25, -0.2) is 0 Å². The van der Waals surface area contributed by atoms with Gasteiger partial charge in [0.05, 0.1) is 5.69 Å². The molecule has 0 radical (unpaired) electrons. The Morgan fingerprint density at radius 1 is 1.47 bits per heavy atom. The van der Waals surface area contributed by atoms with Crippen LogP contribution in [0, 0.1) is 6.92 Å². The molecule has 2 heterocycles. The molecule has 92 valence electrons. The Hall–Kier alpha value is -1.13. The van der Waals surface area contributed by atoms with Crippen molar-refractivity contribution in [3.05, 3.63) is 39.3 Å². The van der Waals surface area contributed by atoms with Gasteiger partial charge in [-0.15, -0.1) is 0 Å². The van der Waals surface area contributed by atoms with Gasteiger partial charge >= 0.3 is 0 Å². The number of hydrogen-bond acceptors (Lipinski definition) is 3. The number of nitrogens with two attached hydrogens (primary N) is 1. The summed E-state index contributed by atoms with van der Waals surface area (Å²) in [7, 11) is 1.99. The van der Waals surface area contributed by atoms with Crippen LogP contribution in [0.15, 0.2) is 16.8 Å². The zero-order valence-electron chi connectivity index (χ0n) is 10.6. The van der Waals surface area contributed by atoms with E-state index in [9.17, 15) is 0 Å². The second kappa shape index (κ2) is 5.02. The van der Waals surface area contributed by atoms with Gasteiger partial charge in [0.25, 0.3) is 0 Å². The van der Waals surface area contributed by atoms with Crippen LogP contribution in [0.5, 0.6) is 0 Å². The van der Waals surface area contributed by atoms with E-state index < -0.39 is 0 Å². The molecular formula is C13H19N3S. The van der Waals surface area contributed by atoms with E-state index in [0.29, 0.717) is 0 Å². The summed E-state index contributed by atoms with van der Waals surface area (Å²) in [4.78, 5) is 0. The predicted molar refractivity (Wildman–Crippen MR) is 72.3 cm³/mol. The second-order valence-electron chi connectivity index (χ2n) is 4.42. The predicted octanol–water partition coefficient (Wildman–Crippen LogP) is 2.59. The van der Waals surface area contributed by atoms with Gasteiger partial charge < -0.3 is 5.73 Å². The van der Waals surface area contributed by atoms with Crippen molar-refractivity contribution in [2.75, 3.05) is 0 Å². The highest BCUT2D eigenvalue weighted by molar-refractivity contribution is 7.08. The molecule has 0 spiro atoms. The number of aryl methyl sites for hydroxylation is 3. The summed E-state index contributed by atoms with van der Waals surface area (Å²) >= 11 is 1.72. The van der Waals surface area contributed by atoms with E-state index in [1.807, 2.05) is 11.7 Å². The maximum atomic E-state index is 6.26. The third kappa shape index (κ3) is 2.58. The summed E-state index contributed by atoms with van der Waals surface area (Å²) in [6, 6.07) is 2.23. The Kier molecular flexibility index (Phi) is 3.64. The molecule has 0 aliphatic heterocycles. The van der Waals surface area contributed by atoms with Crippen molar-refractivity contribution in [1.82, 2.24) is 9.78 Å². The van der Waals surface area contributed by atoms with E-state index in [4.69, 9.17) is 5.73 Å². The molecule has 0 aliphatic rings. The van der Waals surface area contributed by atoms with Crippen LogP contribution in [0.1, 0.15) is 35.5 Å². The van der Waals surface area contributed by atoms with E-state index >= 15 is 0 Å². The highest BCUT2D eigenvalue weighted by Gasteiger charge is 2.13. The van der Waals surface area contributed by atoms with E-state index in [1.54, 1.807) is 11.3 Å². The normalized spacial score (nSPS) is 12.9. The minimum absolute atomic E-state index is 0.0707. The fourth-order valence-electron chi connectivity index (χ4n) is 2.02. The fourth-order valence-corrected chi connectivity index (χ4v) is 2.94. The Bertz CT molecular complexity index is 498. The number of hydrogen-bond donors (Lipinski definition) is 1. The molecule has 2 aromatic heterocycles. The van der Waals surface area contributed by atoms with E-state index in [1.165, 1.54) is 16.8 Å². The van der Waals surface area contributed by atoms with Gasteiger partial charge in [0.2, 0.25) is 0 Å². The molecule has 0 bridgehead atoms. The topological polar surface area (TPSA) is 43.8 Å². The summed E-state index contributed by atoms with van der Waals surface area (Å²) in [6.07, 6.45) is 1.82. The van der Waals surface area contributed by atoms with Crippen molar-refractivity contribution in [1.29, 1.82) is 0 Å². The quantitative estimate of drug-likeness (QED) is 0.905. The van der Waals surface area contributed by atoms with Crippen LogP contribution in [-0.4, -0.2) is 9.78 Å². The van der Waals surface area contributed by atoms with Gasteiger partial charge in [-0.05, 0) is 41.3 Å². The van der Waals surface area contributed by atoms with Gasteiger partial charge in [-0.3, -0.25) is 4.68 Å². The SMILES string of the molecule is CCc1cc(CC(N)c2cscc2C)n(C)n1. The Morgan fingerprint density at radius 2 is 2.24 bits per heavy atom. The zero-order chi connectivity index (χ0) is 12.4. The average molecular weight is 249 g/mol. The fraction of sp³-hybridized carbons (Fsp3) is 0.462. The van der Waals surface area contributed by atoms with Gasteiger partial charge in [-0.1, -0.05) is 6.92 Å². The Morgan fingerprint density at radius 3 is 2.76 bits per heavy atom. The first-order valence-corrected chi connectivity index (χ1v) is 6.86. The molecule has 0 aromatic carbocycles. The molecule has 4 heteroatoms. The van der Waals surface area contributed by atoms with Crippen molar-refractivity contribution >= 4 is 11.3 Å². The van der Waals surface area contributed by atoms with Crippen LogP contribution in [0.25, 0.3) is 0 Å². The molecule has 0 amide bonds. The molecule has 0 saturated heterocycles. The maximum absolute atomic E-state index is 6.26. The number of rotatable bonds is 4. The summed E-state index contributed by atoms with van der Waals surface area (Å²) in [5, 5.41) is 8.75. The Balaban J connectivity index is 2.15. The minimum atomic E-state index is 0.0707. The highest BCUT2D eigenvalue weighted by atomic mass is 32.1. The minimum Gasteiger partial charge on any atom is -0.324 e. The standard InChI is InChI=1S/C13H19N3S/c1-4-10-5-11(16(3)15-10)6-13(14)12-8-17-7-9(12)2/h5,7-8,13H,4,6,14H2,1-3H3. The van der Waals surface area contributed by atoms with Gasteiger partial charge in [0, 0.05) is 25.2 Å². The highest BCUT2D eigenvalue weighted by Crippen LogP contribution is 2.23. The smallest absolute Gasteiger partial charge is 0.0624 e. The molecule has 0 saturated carbocycles. The number of nitrogens with zero attached hydrogens (tertiary/aromatic N) is 2. The molecule has 3 nitrogen and oxygen atoms in total. The average Bonchev–Trinajstić information content (AvgIpc) is 2.86. The molecule has 1 atom stereocenters. The lowest BCUT2D eigenvalue weighted by Crippen LogP contribution is -2.15. The largest absolute Gasteiger partial charge is 0.324 e. The van der Waals surface area contributed by atoms with Crippen molar-refractivity contribution in [2.45, 2.75) is 32.7 Å². The van der Waals surface area contributed by atoms with Crippen molar-refractivity contribution < 1.29 is 0 Å². The van der Waals surface area contributed by atoms with Crippen LogP contribution in [-0.2, 0) is 19.9 Å². The lowest BCUT2D eigenvalue weighted by molar-refractivity contribution is 0.637. The van der Waals surface area contributed by atoms with Crippen LogP contribution in [0.2, 0.25) is 0 Å². The molecule has 17 heavy (non-hydrogen) atoms. The lowest BCUT2D eigenvalue weighted by atomic mass is 10.0. The molecule has 0 fully saturated rings.